The molecule has 1 aromatic carbocycles. The molecule has 4 nitrogen and oxygen atoms in total. The van der Waals surface area contributed by atoms with Crippen molar-refractivity contribution < 1.29 is 8.42 Å². The molecule has 1 aliphatic heterocycles. The van der Waals surface area contributed by atoms with Crippen molar-refractivity contribution >= 4 is 10.0 Å². The Bertz CT molecular complexity index is 614. The van der Waals surface area contributed by atoms with Crippen LogP contribution in [0.3, 0.4) is 0 Å². The van der Waals surface area contributed by atoms with Crippen molar-refractivity contribution in [3.8, 4) is 11.8 Å². The predicted molar refractivity (Wildman–Crippen MR) is 75.0 cm³/mol. The van der Waals surface area contributed by atoms with Crippen molar-refractivity contribution in [1.82, 2.24) is 4.31 Å². The molecule has 0 bridgehead atoms. The molecule has 0 saturated carbocycles. The highest BCUT2D eigenvalue weighted by molar-refractivity contribution is 7.89. The Kier molecular flexibility index (Phi) is 4.25. The molecule has 1 saturated heterocycles. The van der Waals surface area contributed by atoms with Gasteiger partial charge in [-0.3, -0.25) is 0 Å². The van der Waals surface area contributed by atoms with Gasteiger partial charge < -0.3 is 5.73 Å². The summed E-state index contributed by atoms with van der Waals surface area (Å²) >= 11 is 0. The molecule has 0 aliphatic carbocycles. The van der Waals surface area contributed by atoms with Gasteiger partial charge in [0.2, 0.25) is 10.0 Å². The second kappa shape index (κ2) is 5.74. The largest absolute Gasteiger partial charge is 0.320 e. The number of nitrogens with zero attached hydrogens (tertiary/aromatic N) is 1. The van der Waals surface area contributed by atoms with Gasteiger partial charge in [0, 0.05) is 18.2 Å². The molecule has 19 heavy (non-hydrogen) atoms. The summed E-state index contributed by atoms with van der Waals surface area (Å²) in [5.41, 5.74) is 5.87. The minimum absolute atomic E-state index is 0.0560. The Balaban J connectivity index is 2.46. The third kappa shape index (κ3) is 2.81. The highest BCUT2D eigenvalue weighted by Crippen LogP contribution is 2.27. The summed E-state index contributed by atoms with van der Waals surface area (Å²) < 4.78 is 26.9. The number of hydrogen-bond donors (Lipinski definition) is 1. The fraction of sp³-hybridized carbons (Fsp3) is 0.429. The molecule has 1 atom stereocenters. The number of sulfonamides is 1. The van der Waals surface area contributed by atoms with E-state index in [9.17, 15) is 8.42 Å². The van der Waals surface area contributed by atoms with Gasteiger partial charge in [-0.25, -0.2) is 8.42 Å². The molecule has 1 aromatic rings. The van der Waals surface area contributed by atoms with Crippen molar-refractivity contribution in [1.29, 1.82) is 0 Å². The fourth-order valence-corrected chi connectivity index (χ4v) is 4.18. The Morgan fingerprint density at radius 2 is 2.16 bits per heavy atom. The molecule has 1 aliphatic rings. The molecule has 1 unspecified atom stereocenters. The van der Waals surface area contributed by atoms with Crippen molar-refractivity contribution in [2.45, 2.75) is 30.7 Å². The predicted octanol–water partition coefficient (Wildman–Crippen LogP) is 1.17. The summed E-state index contributed by atoms with van der Waals surface area (Å²) in [7, 11) is -3.46. The van der Waals surface area contributed by atoms with Gasteiger partial charge in [0.25, 0.3) is 0 Å². The lowest BCUT2D eigenvalue weighted by molar-refractivity contribution is 0.408. The first-order valence-corrected chi connectivity index (χ1v) is 7.81. The van der Waals surface area contributed by atoms with Gasteiger partial charge in [-0.05, 0) is 31.9 Å². The van der Waals surface area contributed by atoms with Crippen LogP contribution in [-0.4, -0.2) is 31.9 Å². The zero-order chi connectivity index (χ0) is 13.9. The number of rotatable bonds is 2. The normalized spacial score (nSPS) is 20.0. The summed E-state index contributed by atoms with van der Waals surface area (Å²) in [5, 5.41) is 0. The van der Waals surface area contributed by atoms with E-state index in [1.807, 2.05) is 6.92 Å². The average molecular weight is 278 g/mol. The van der Waals surface area contributed by atoms with Gasteiger partial charge in [0.1, 0.15) is 0 Å². The van der Waals surface area contributed by atoms with Crippen LogP contribution in [0, 0.1) is 11.8 Å². The average Bonchev–Trinajstić information content (AvgIpc) is 2.83. The van der Waals surface area contributed by atoms with E-state index in [1.165, 1.54) is 0 Å². The molecule has 102 valence electrons. The van der Waals surface area contributed by atoms with E-state index in [4.69, 9.17) is 5.73 Å². The standard InChI is InChI=1S/C14H18N2O2S/c1-12-6-5-11-16(12)19(17,18)14-9-3-2-7-13(14)8-4-10-15/h2-3,7,9,12H,5-6,10-11,15H2,1H3. The maximum Gasteiger partial charge on any atom is 0.244 e. The molecule has 2 N–H and O–H groups in total. The van der Waals surface area contributed by atoms with E-state index in [2.05, 4.69) is 11.8 Å². The molecule has 5 heteroatoms. The van der Waals surface area contributed by atoms with Crippen molar-refractivity contribution in [3.63, 3.8) is 0 Å². The third-order valence-corrected chi connectivity index (χ3v) is 5.36. The van der Waals surface area contributed by atoms with Crippen LogP contribution in [0.1, 0.15) is 25.3 Å². The Labute approximate surface area is 114 Å². The summed E-state index contributed by atoms with van der Waals surface area (Å²) in [6.45, 7) is 2.75. The van der Waals surface area contributed by atoms with E-state index in [1.54, 1.807) is 28.6 Å². The first-order valence-electron chi connectivity index (χ1n) is 6.37. The molecule has 0 spiro atoms. The minimum Gasteiger partial charge on any atom is -0.320 e. The maximum atomic E-state index is 12.7. The van der Waals surface area contributed by atoms with Gasteiger partial charge >= 0.3 is 0 Å². The number of hydrogen-bond acceptors (Lipinski definition) is 3. The van der Waals surface area contributed by atoms with Crippen LogP contribution in [0.2, 0.25) is 0 Å². The number of benzene rings is 1. The minimum atomic E-state index is -3.46. The quantitative estimate of drug-likeness (QED) is 0.826. The SMILES string of the molecule is CC1CCCN1S(=O)(=O)c1ccccc1C#CCN. The first kappa shape index (κ1) is 14.1. The topological polar surface area (TPSA) is 63.4 Å². The van der Waals surface area contributed by atoms with E-state index in [0.29, 0.717) is 12.1 Å². The number of nitrogens with two attached hydrogens (primary N) is 1. The summed E-state index contributed by atoms with van der Waals surface area (Å²) in [6, 6.07) is 6.89. The molecular weight excluding hydrogens is 260 g/mol. The monoisotopic (exact) mass is 278 g/mol. The van der Waals surface area contributed by atoms with Crippen LogP contribution < -0.4 is 5.73 Å². The summed E-state index contributed by atoms with van der Waals surface area (Å²) in [4.78, 5) is 0.282. The Hall–Kier alpha value is -1.35. The molecular formula is C14H18N2O2S. The van der Waals surface area contributed by atoms with Gasteiger partial charge in [-0.2, -0.15) is 4.31 Å². The smallest absolute Gasteiger partial charge is 0.244 e. The van der Waals surface area contributed by atoms with Gasteiger partial charge in [-0.1, -0.05) is 24.0 Å². The Morgan fingerprint density at radius 3 is 2.79 bits per heavy atom. The van der Waals surface area contributed by atoms with Gasteiger partial charge in [0.15, 0.2) is 0 Å². The van der Waals surface area contributed by atoms with Crippen molar-refractivity contribution in [2.75, 3.05) is 13.1 Å². The van der Waals surface area contributed by atoms with Crippen molar-refractivity contribution in [3.05, 3.63) is 29.8 Å². The van der Waals surface area contributed by atoms with Crippen LogP contribution in [0.4, 0.5) is 0 Å². The highest BCUT2D eigenvalue weighted by atomic mass is 32.2. The van der Waals surface area contributed by atoms with Crippen LogP contribution >= 0.6 is 0 Å². The molecule has 1 heterocycles. The van der Waals surface area contributed by atoms with E-state index >= 15 is 0 Å². The fourth-order valence-electron chi connectivity index (χ4n) is 2.33. The van der Waals surface area contributed by atoms with Crippen LogP contribution in [0.5, 0.6) is 0 Å². The second-order valence-corrected chi connectivity index (χ2v) is 6.47. The zero-order valence-electron chi connectivity index (χ0n) is 11.0. The lowest BCUT2D eigenvalue weighted by Crippen LogP contribution is -2.34. The Morgan fingerprint density at radius 1 is 1.42 bits per heavy atom. The second-order valence-electron chi connectivity index (χ2n) is 4.61. The van der Waals surface area contributed by atoms with E-state index < -0.39 is 10.0 Å². The maximum absolute atomic E-state index is 12.7. The first-order chi connectivity index (χ1) is 9.07. The third-order valence-electron chi connectivity index (χ3n) is 3.29. The molecule has 0 amide bonds. The van der Waals surface area contributed by atoms with Gasteiger partial charge in [0.05, 0.1) is 11.4 Å². The van der Waals surface area contributed by atoms with Gasteiger partial charge in [-0.15, -0.1) is 0 Å². The lowest BCUT2D eigenvalue weighted by atomic mass is 10.2. The highest BCUT2D eigenvalue weighted by Gasteiger charge is 2.33. The van der Waals surface area contributed by atoms with Crippen LogP contribution in [-0.2, 0) is 10.0 Å². The summed E-state index contributed by atoms with van der Waals surface area (Å²) in [5.74, 6) is 5.55. The zero-order valence-corrected chi connectivity index (χ0v) is 11.8. The van der Waals surface area contributed by atoms with Crippen molar-refractivity contribution in [2.24, 2.45) is 5.73 Å². The molecule has 2 rings (SSSR count). The molecule has 0 aromatic heterocycles. The van der Waals surface area contributed by atoms with Crippen LogP contribution in [0.15, 0.2) is 29.2 Å². The lowest BCUT2D eigenvalue weighted by Gasteiger charge is -2.21. The molecule has 1 fully saturated rings. The molecule has 0 radical (unpaired) electrons. The van der Waals surface area contributed by atoms with E-state index in [-0.39, 0.29) is 17.5 Å². The van der Waals surface area contributed by atoms with E-state index in [0.717, 1.165) is 12.8 Å². The van der Waals surface area contributed by atoms with Crippen LogP contribution in [0.25, 0.3) is 0 Å². The summed E-state index contributed by atoms with van der Waals surface area (Å²) in [6.07, 6.45) is 1.83.